The summed E-state index contributed by atoms with van der Waals surface area (Å²) < 4.78 is 9.51. The predicted molar refractivity (Wildman–Crippen MR) is 225 cm³/mol. The van der Waals surface area contributed by atoms with E-state index >= 15 is 0 Å². The van der Waals surface area contributed by atoms with Gasteiger partial charge in [0, 0.05) is 50.3 Å². The van der Waals surface area contributed by atoms with Crippen LogP contribution in [-0.2, 0) is 47.2 Å². The van der Waals surface area contributed by atoms with E-state index in [4.69, 9.17) is 25.0 Å². The molecule has 6 heteroatoms. The van der Waals surface area contributed by atoms with Gasteiger partial charge in [-0.3, -0.25) is 11.8 Å². The number of fused-ring (bicyclic) bond motifs is 2. The maximum absolute atomic E-state index is 6.77. The molecule has 55 heavy (non-hydrogen) atoms. The molecule has 2 aromatic heterocycles. The molecule has 0 saturated heterocycles. The predicted octanol–water partition coefficient (Wildman–Crippen LogP) is 9.98. The summed E-state index contributed by atoms with van der Waals surface area (Å²) in [7, 11) is 0. The summed E-state index contributed by atoms with van der Waals surface area (Å²) in [5, 5.41) is 0. The van der Waals surface area contributed by atoms with Gasteiger partial charge in [-0.2, -0.15) is 0 Å². The standard InChI is InChI=1S/C16H25N2.C15H22N2.C10H5.C8H6N.Pt/c1-4-6-12-17-14(3)18(13-7-5-2)16-11-9-8-10-15(16)17;1-3-5-11-16-13-17(12-6-4-2)15-10-8-7-9-14(15)16;1-3-9-5-7-10(4-2)8-6-9;1-2-7-3-5-8(9)6-4-7;/h8-11H,4-7,12-13H2,1-3H3;7-10H,3-6,11-12H2,1-2H3;1,5-8H;3-6H,9H2;/q+1;;2*-1;. The zero-order valence-corrected chi connectivity index (χ0v) is 35.8. The summed E-state index contributed by atoms with van der Waals surface area (Å²) >= 11 is 0. The topological polar surface area (TPSA) is 43.6 Å². The molecular weight excluding hydrogens is 854 g/mol. The van der Waals surface area contributed by atoms with Crippen molar-refractivity contribution < 1.29 is 30.2 Å². The second kappa shape index (κ2) is 25.9. The zero-order chi connectivity index (χ0) is 39.1. The average molecular weight is 912 g/mol. The third-order valence-electron chi connectivity index (χ3n) is 9.14. The molecule has 0 aliphatic carbocycles. The van der Waals surface area contributed by atoms with E-state index in [1.54, 1.807) is 48.5 Å². The minimum absolute atomic E-state index is 0. The number of nitrogen functional groups attached to an aromatic ring is 1. The van der Waals surface area contributed by atoms with Gasteiger partial charge in [0.15, 0.2) is 11.0 Å². The van der Waals surface area contributed by atoms with Crippen molar-refractivity contribution in [3.05, 3.63) is 139 Å². The van der Waals surface area contributed by atoms with Crippen molar-refractivity contribution in [2.75, 3.05) is 5.73 Å². The first-order chi connectivity index (χ1) is 26.3. The Morgan fingerprint density at radius 2 is 1.13 bits per heavy atom. The largest absolute Gasteiger partial charge is 0.399 e. The molecule has 290 valence electrons. The number of rotatable bonds is 12. The molecule has 0 radical (unpaired) electrons. The van der Waals surface area contributed by atoms with Crippen molar-refractivity contribution in [3.63, 3.8) is 0 Å². The van der Waals surface area contributed by atoms with Gasteiger partial charge in [-0.15, -0.1) is 41.8 Å². The monoisotopic (exact) mass is 911 g/mol. The van der Waals surface area contributed by atoms with Crippen LogP contribution in [0.5, 0.6) is 0 Å². The number of nitrogens with two attached hydrogens (primary N) is 1. The second-order valence-electron chi connectivity index (χ2n) is 13.2. The summed E-state index contributed by atoms with van der Waals surface area (Å²) in [5.74, 6) is 8.40. The van der Waals surface area contributed by atoms with Gasteiger partial charge < -0.3 is 27.7 Å². The fourth-order valence-electron chi connectivity index (χ4n) is 5.98. The van der Waals surface area contributed by atoms with Crippen molar-refractivity contribution in [3.8, 4) is 24.2 Å². The number of unbranched alkanes of at least 4 members (excludes halogenated alkanes) is 4. The van der Waals surface area contributed by atoms with Crippen molar-refractivity contribution in [2.45, 2.75) is 112 Å². The second-order valence-corrected chi connectivity index (χ2v) is 13.2. The van der Waals surface area contributed by atoms with Crippen LogP contribution in [0.2, 0.25) is 0 Å². The Bertz CT molecular complexity index is 2000. The molecule has 4 aromatic carbocycles. The first-order valence-corrected chi connectivity index (χ1v) is 19.5. The van der Waals surface area contributed by atoms with Gasteiger partial charge in [0.05, 0.1) is 26.2 Å². The Balaban J connectivity index is 0.000000262. The van der Waals surface area contributed by atoms with Crippen LogP contribution in [-0.4, -0.2) is 9.13 Å². The smallest absolute Gasteiger partial charge is 0.254 e. The molecule has 6 aromatic rings. The fourth-order valence-corrected chi connectivity index (χ4v) is 5.98. The van der Waals surface area contributed by atoms with Crippen LogP contribution < -0.4 is 14.9 Å². The molecule has 2 heterocycles. The van der Waals surface area contributed by atoms with Crippen molar-refractivity contribution in [2.24, 2.45) is 0 Å². The number of anilines is 1. The van der Waals surface area contributed by atoms with E-state index in [1.807, 2.05) is 0 Å². The number of benzene rings is 4. The van der Waals surface area contributed by atoms with Crippen LogP contribution in [0.1, 0.15) is 102 Å². The Morgan fingerprint density at radius 3 is 1.69 bits per heavy atom. The number of terminal acetylenes is 1. The van der Waals surface area contributed by atoms with Gasteiger partial charge >= 0.3 is 0 Å². The van der Waals surface area contributed by atoms with Crippen LogP contribution >= 0.6 is 0 Å². The van der Waals surface area contributed by atoms with E-state index < -0.39 is 0 Å². The fraction of sp³-hybridized carbons (Fsp3) is 0.347. The molecule has 5 nitrogen and oxygen atoms in total. The Labute approximate surface area is 346 Å². The molecule has 0 amide bonds. The van der Waals surface area contributed by atoms with E-state index in [0.29, 0.717) is 5.69 Å². The SMILES string of the molecule is CCCCn1[c-][n+](CCCC)c2ccccc21.CCCCn1c(C)[n+](CCCC)c2ccccc21.[C-]#Cc1ccc(C#C)cc1.[C-]#Cc1ccc(N)cc1.[Pt]. The zero-order valence-electron chi connectivity index (χ0n) is 33.5. The normalized spacial score (nSPS) is 9.93. The number of hydrogen-bond acceptors (Lipinski definition) is 1. The third kappa shape index (κ3) is 14.3. The third-order valence-corrected chi connectivity index (χ3v) is 9.14. The van der Waals surface area contributed by atoms with Crippen molar-refractivity contribution >= 4 is 27.8 Å². The van der Waals surface area contributed by atoms with Gasteiger partial charge in [0.1, 0.15) is 0 Å². The molecule has 0 fully saturated rings. The average Bonchev–Trinajstić information content (AvgIpc) is 3.71. The number of nitrogens with zero attached hydrogens (tertiary/aromatic N) is 4. The quantitative estimate of drug-likeness (QED) is 0.0566. The van der Waals surface area contributed by atoms with Gasteiger partial charge in [0.2, 0.25) is 6.33 Å². The van der Waals surface area contributed by atoms with Crippen LogP contribution in [0.3, 0.4) is 0 Å². The summed E-state index contributed by atoms with van der Waals surface area (Å²) in [4.78, 5) is 0. The molecular formula is C49H58N5Pt-. The molecule has 0 spiro atoms. The van der Waals surface area contributed by atoms with Crippen molar-refractivity contribution in [1.82, 2.24) is 9.13 Å². The van der Waals surface area contributed by atoms with E-state index in [1.165, 1.54) is 79.3 Å². The van der Waals surface area contributed by atoms with Gasteiger partial charge in [-0.25, -0.2) is 9.13 Å². The maximum Gasteiger partial charge on any atom is 0.254 e. The number of aromatic nitrogens is 4. The maximum atomic E-state index is 6.77. The summed E-state index contributed by atoms with van der Waals surface area (Å²) in [5.41, 5.74) is 13.9. The summed E-state index contributed by atoms with van der Waals surface area (Å²) in [6.45, 7) is 15.7. The molecule has 0 bridgehead atoms. The Morgan fingerprint density at radius 1 is 0.636 bits per heavy atom. The molecule has 2 N–H and O–H groups in total. The van der Waals surface area contributed by atoms with Gasteiger partial charge in [-0.1, -0.05) is 120 Å². The molecule has 0 aliphatic rings. The van der Waals surface area contributed by atoms with E-state index in [-0.39, 0.29) is 21.1 Å². The molecule has 0 unspecified atom stereocenters. The molecule has 0 atom stereocenters. The van der Waals surface area contributed by atoms with E-state index in [2.05, 4.69) is 126 Å². The summed E-state index contributed by atoms with van der Waals surface area (Å²) in [6, 6.07) is 31.5. The minimum atomic E-state index is 0. The molecule has 6 rings (SSSR count). The Hall–Kier alpha value is -5.01. The summed E-state index contributed by atoms with van der Waals surface area (Å²) in [6.07, 6.45) is 32.0. The minimum Gasteiger partial charge on any atom is -0.399 e. The van der Waals surface area contributed by atoms with Crippen molar-refractivity contribution in [1.29, 1.82) is 0 Å². The Kier molecular flexibility index (Phi) is 21.7. The number of hydrogen-bond donors (Lipinski definition) is 1. The number of imidazole rings is 2. The van der Waals surface area contributed by atoms with Crippen LogP contribution in [0, 0.1) is 50.3 Å². The first-order valence-electron chi connectivity index (χ1n) is 19.5. The van der Waals surface area contributed by atoms with Crippen LogP contribution in [0.25, 0.3) is 22.1 Å². The van der Waals surface area contributed by atoms with E-state index in [0.717, 1.165) is 42.9 Å². The van der Waals surface area contributed by atoms with E-state index in [9.17, 15) is 0 Å². The number of aryl methyl sites for hydroxylation is 4. The number of para-hydroxylation sites is 4. The van der Waals surface area contributed by atoms with Crippen LogP contribution in [0.15, 0.2) is 97.1 Å². The van der Waals surface area contributed by atoms with Crippen LogP contribution in [0.4, 0.5) is 5.69 Å². The molecule has 0 aliphatic heterocycles. The van der Waals surface area contributed by atoms with Gasteiger partial charge in [-0.05, 0) is 37.8 Å². The first kappa shape index (κ1) is 46.1. The molecule has 0 saturated carbocycles. The van der Waals surface area contributed by atoms with Gasteiger partial charge in [0.25, 0.3) is 5.82 Å².